The van der Waals surface area contributed by atoms with E-state index in [-0.39, 0.29) is 22.3 Å². The zero-order valence-corrected chi connectivity index (χ0v) is 13.1. The van der Waals surface area contributed by atoms with Crippen LogP contribution in [0.15, 0.2) is 48.5 Å². The number of carbonyl (C=O) groups is 2. The smallest absolute Gasteiger partial charge is 0.193 e. The third kappa shape index (κ3) is 3.08. The van der Waals surface area contributed by atoms with Crippen molar-refractivity contribution in [2.24, 2.45) is 0 Å². The maximum Gasteiger partial charge on any atom is 0.193 e. The number of ketones is 1. The van der Waals surface area contributed by atoms with Crippen LogP contribution in [0.4, 0.5) is 0 Å². The van der Waals surface area contributed by atoms with E-state index >= 15 is 0 Å². The zero-order chi connectivity index (χ0) is 16.3. The Morgan fingerprint density at radius 3 is 2.18 bits per heavy atom. The average molecular weight is 295 g/mol. The predicted molar refractivity (Wildman–Crippen MR) is 84.0 cm³/mol. The molecule has 114 valence electrons. The summed E-state index contributed by atoms with van der Waals surface area (Å²) in [5.74, 6) is -1.63. The molecule has 0 saturated heterocycles. The molecule has 0 N–H and O–H groups in total. The minimum Gasteiger partial charge on any atom is -0.545 e. The molecule has 3 nitrogen and oxygen atoms in total. The van der Waals surface area contributed by atoms with Crippen LogP contribution in [0.1, 0.15) is 59.0 Å². The third-order valence-corrected chi connectivity index (χ3v) is 4.19. The highest BCUT2D eigenvalue weighted by molar-refractivity contribution is 6.14. The Morgan fingerprint density at radius 1 is 1.00 bits per heavy atom. The van der Waals surface area contributed by atoms with Gasteiger partial charge >= 0.3 is 0 Å². The second-order valence-electron chi connectivity index (χ2n) is 5.98. The van der Waals surface area contributed by atoms with Crippen LogP contribution in [0.5, 0.6) is 0 Å². The molecule has 0 atom stereocenters. The molecule has 0 aliphatic rings. The van der Waals surface area contributed by atoms with Gasteiger partial charge in [-0.3, -0.25) is 4.79 Å². The van der Waals surface area contributed by atoms with E-state index in [1.807, 2.05) is 6.07 Å². The van der Waals surface area contributed by atoms with Crippen molar-refractivity contribution in [3.63, 3.8) is 0 Å². The molecule has 0 unspecified atom stereocenters. The Labute approximate surface area is 130 Å². The minimum atomic E-state index is -1.33. The fraction of sp³-hybridized carbons (Fsp3) is 0.263. The summed E-state index contributed by atoms with van der Waals surface area (Å²) in [6, 6.07) is 13.6. The van der Waals surface area contributed by atoms with Crippen LogP contribution in [0, 0.1) is 0 Å². The van der Waals surface area contributed by atoms with Crippen molar-refractivity contribution >= 4 is 11.8 Å². The lowest BCUT2D eigenvalue weighted by Gasteiger charge is -2.25. The molecular formula is C19H19O3-. The Kier molecular flexibility index (Phi) is 4.45. The van der Waals surface area contributed by atoms with Gasteiger partial charge in [0.15, 0.2) is 5.78 Å². The van der Waals surface area contributed by atoms with Gasteiger partial charge in [-0.1, -0.05) is 63.2 Å². The summed E-state index contributed by atoms with van der Waals surface area (Å²) in [5, 5.41) is 11.3. The molecule has 2 aromatic rings. The van der Waals surface area contributed by atoms with Gasteiger partial charge in [0.1, 0.15) is 0 Å². The number of rotatable bonds is 5. The summed E-state index contributed by atoms with van der Waals surface area (Å²) in [6.45, 7) is 6.20. The normalized spacial score (nSPS) is 11.2. The lowest BCUT2D eigenvalue weighted by Crippen LogP contribution is -2.26. The number of aromatic carboxylic acids is 1. The second-order valence-corrected chi connectivity index (χ2v) is 5.98. The van der Waals surface area contributed by atoms with Crippen molar-refractivity contribution in [1.82, 2.24) is 0 Å². The van der Waals surface area contributed by atoms with E-state index in [0.29, 0.717) is 5.56 Å². The first kappa shape index (κ1) is 16.0. The van der Waals surface area contributed by atoms with Crippen LogP contribution in [0.25, 0.3) is 0 Å². The minimum absolute atomic E-state index is 0.0653. The van der Waals surface area contributed by atoms with Crippen molar-refractivity contribution in [3.05, 3.63) is 70.8 Å². The Bertz CT molecular complexity index is 700. The van der Waals surface area contributed by atoms with Gasteiger partial charge in [-0.05, 0) is 23.5 Å². The van der Waals surface area contributed by atoms with E-state index in [4.69, 9.17) is 0 Å². The van der Waals surface area contributed by atoms with Gasteiger partial charge < -0.3 is 9.90 Å². The summed E-state index contributed by atoms with van der Waals surface area (Å²) in [7, 11) is 0. The fourth-order valence-electron chi connectivity index (χ4n) is 2.28. The quantitative estimate of drug-likeness (QED) is 0.797. The van der Waals surface area contributed by atoms with Crippen LogP contribution in [0.3, 0.4) is 0 Å². The van der Waals surface area contributed by atoms with Gasteiger partial charge in [-0.15, -0.1) is 0 Å². The van der Waals surface area contributed by atoms with Crippen LogP contribution in [-0.2, 0) is 5.41 Å². The second kappa shape index (κ2) is 6.14. The molecule has 3 heteroatoms. The summed E-state index contributed by atoms with van der Waals surface area (Å²) in [5.41, 5.74) is 1.40. The summed E-state index contributed by atoms with van der Waals surface area (Å²) < 4.78 is 0. The predicted octanol–water partition coefficient (Wildman–Crippen LogP) is 2.97. The van der Waals surface area contributed by atoms with Gasteiger partial charge in [0.05, 0.1) is 5.97 Å². The number of carbonyl (C=O) groups excluding carboxylic acids is 2. The molecule has 0 radical (unpaired) electrons. The van der Waals surface area contributed by atoms with Crippen molar-refractivity contribution in [3.8, 4) is 0 Å². The van der Waals surface area contributed by atoms with E-state index in [1.54, 1.807) is 36.4 Å². The monoisotopic (exact) mass is 295 g/mol. The topological polar surface area (TPSA) is 57.2 Å². The number of benzene rings is 2. The first-order valence-electron chi connectivity index (χ1n) is 7.32. The highest BCUT2D eigenvalue weighted by atomic mass is 16.4. The lowest BCUT2D eigenvalue weighted by atomic mass is 9.80. The van der Waals surface area contributed by atoms with Crippen LogP contribution < -0.4 is 5.11 Å². The molecular weight excluding hydrogens is 276 g/mol. The zero-order valence-electron chi connectivity index (χ0n) is 13.1. The summed E-state index contributed by atoms with van der Waals surface area (Å²) in [6.07, 6.45) is 0.886. The summed E-state index contributed by atoms with van der Waals surface area (Å²) in [4.78, 5) is 24.0. The van der Waals surface area contributed by atoms with E-state index < -0.39 is 5.97 Å². The van der Waals surface area contributed by atoms with Crippen LogP contribution in [-0.4, -0.2) is 11.8 Å². The van der Waals surface area contributed by atoms with E-state index in [2.05, 4.69) is 20.8 Å². The molecule has 0 bridgehead atoms. The Hall–Kier alpha value is -2.42. The molecule has 22 heavy (non-hydrogen) atoms. The van der Waals surface area contributed by atoms with Gasteiger partial charge in [-0.25, -0.2) is 0 Å². The van der Waals surface area contributed by atoms with Crippen molar-refractivity contribution in [2.45, 2.75) is 32.6 Å². The summed E-state index contributed by atoms with van der Waals surface area (Å²) >= 11 is 0. The van der Waals surface area contributed by atoms with E-state index in [9.17, 15) is 14.7 Å². The molecule has 0 aromatic heterocycles. The highest BCUT2D eigenvalue weighted by Crippen LogP contribution is 2.29. The molecule has 2 rings (SSSR count). The Balaban J connectivity index is 2.59. The van der Waals surface area contributed by atoms with Gasteiger partial charge in [0.25, 0.3) is 0 Å². The fourth-order valence-corrected chi connectivity index (χ4v) is 2.28. The maximum absolute atomic E-state index is 12.6. The molecule has 0 fully saturated rings. The molecule has 0 amide bonds. The van der Waals surface area contributed by atoms with Crippen molar-refractivity contribution in [1.29, 1.82) is 0 Å². The van der Waals surface area contributed by atoms with Crippen molar-refractivity contribution < 1.29 is 14.7 Å². The molecule has 0 spiro atoms. The van der Waals surface area contributed by atoms with Crippen LogP contribution >= 0.6 is 0 Å². The SMILES string of the molecule is CCC(C)(C)c1ccc(C(=O)[O-])c(C(=O)c2ccccc2)c1. The molecule has 0 saturated carbocycles. The van der Waals surface area contributed by atoms with Crippen molar-refractivity contribution in [2.75, 3.05) is 0 Å². The first-order chi connectivity index (χ1) is 10.4. The first-order valence-corrected chi connectivity index (χ1v) is 7.32. The number of carboxylic acid groups (broad SMARTS) is 1. The van der Waals surface area contributed by atoms with Gasteiger partial charge in [-0.2, -0.15) is 0 Å². The standard InChI is InChI=1S/C19H20O3/c1-4-19(2,3)14-10-11-15(18(21)22)16(12-14)17(20)13-8-6-5-7-9-13/h5-12H,4H2,1-3H3,(H,21,22)/p-1. The van der Waals surface area contributed by atoms with E-state index in [1.165, 1.54) is 6.07 Å². The highest BCUT2D eigenvalue weighted by Gasteiger charge is 2.22. The third-order valence-electron chi connectivity index (χ3n) is 4.19. The number of hydrogen-bond donors (Lipinski definition) is 0. The van der Waals surface area contributed by atoms with Crippen LogP contribution in [0.2, 0.25) is 0 Å². The molecule has 0 heterocycles. The average Bonchev–Trinajstić information content (AvgIpc) is 2.54. The maximum atomic E-state index is 12.6. The van der Waals surface area contributed by atoms with E-state index in [0.717, 1.165) is 12.0 Å². The lowest BCUT2D eigenvalue weighted by molar-refractivity contribution is -0.255. The largest absolute Gasteiger partial charge is 0.545 e. The molecule has 0 aliphatic heterocycles. The Morgan fingerprint density at radius 2 is 1.64 bits per heavy atom. The van der Waals surface area contributed by atoms with Gasteiger partial charge in [0, 0.05) is 16.7 Å². The molecule has 2 aromatic carbocycles. The van der Waals surface area contributed by atoms with Gasteiger partial charge in [0.2, 0.25) is 0 Å². The molecule has 0 aliphatic carbocycles. The number of carboxylic acids is 1. The number of hydrogen-bond acceptors (Lipinski definition) is 3.